The highest BCUT2D eigenvalue weighted by atomic mass is 16.4. The van der Waals surface area contributed by atoms with Gasteiger partial charge in [0.1, 0.15) is 6.54 Å². The molecule has 0 aliphatic carbocycles. The number of carbonyl (C=O) groups is 2. The lowest BCUT2D eigenvalue weighted by Gasteiger charge is -2.25. The summed E-state index contributed by atoms with van der Waals surface area (Å²) in [5.41, 5.74) is 0. The number of rotatable bonds is 7. The second-order valence-corrected chi connectivity index (χ2v) is 4.44. The molecule has 0 saturated heterocycles. The van der Waals surface area contributed by atoms with Crippen LogP contribution in [-0.4, -0.2) is 41.1 Å². The Morgan fingerprint density at radius 3 is 2.29 bits per heavy atom. The van der Waals surface area contributed by atoms with Gasteiger partial charge in [-0.25, -0.2) is 4.79 Å². The van der Waals surface area contributed by atoms with Crippen LogP contribution in [0.25, 0.3) is 0 Å². The monoisotopic (exact) mass is 244 g/mol. The first-order chi connectivity index (χ1) is 7.92. The van der Waals surface area contributed by atoms with Crippen LogP contribution in [0.4, 0.5) is 4.79 Å². The second-order valence-electron chi connectivity index (χ2n) is 4.44. The first-order valence-electron chi connectivity index (χ1n) is 6.19. The maximum atomic E-state index is 11.9. The summed E-state index contributed by atoms with van der Waals surface area (Å²) < 4.78 is 0. The van der Waals surface area contributed by atoms with Gasteiger partial charge in [0, 0.05) is 12.6 Å². The number of carbonyl (C=O) groups excluding carboxylic acids is 1. The van der Waals surface area contributed by atoms with E-state index in [0.29, 0.717) is 12.5 Å². The molecule has 0 spiro atoms. The highest BCUT2D eigenvalue weighted by Gasteiger charge is 2.19. The van der Waals surface area contributed by atoms with E-state index in [1.54, 1.807) is 0 Å². The first-order valence-corrected chi connectivity index (χ1v) is 6.19. The van der Waals surface area contributed by atoms with Gasteiger partial charge in [0.05, 0.1) is 0 Å². The Bertz CT molecular complexity index is 256. The number of urea groups is 1. The molecule has 0 aromatic rings. The fourth-order valence-electron chi connectivity index (χ4n) is 1.47. The molecular formula is C12H24N2O3. The lowest BCUT2D eigenvalue weighted by molar-refractivity contribution is -0.137. The van der Waals surface area contributed by atoms with Gasteiger partial charge in [0.2, 0.25) is 0 Å². The van der Waals surface area contributed by atoms with Gasteiger partial charge in [0.25, 0.3) is 0 Å². The molecular weight excluding hydrogens is 220 g/mol. The summed E-state index contributed by atoms with van der Waals surface area (Å²) in [6, 6.07) is -0.234. The maximum absolute atomic E-state index is 11.9. The largest absolute Gasteiger partial charge is 0.480 e. The topological polar surface area (TPSA) is 69.6 Å². The van der Waals surface area contributed by atoms with Gasteiger partial charge in [0.15, 0.2) is 0 Å². The Morgan fingerprint density at radius 1 is 1.29 bits per heavy atom. The Hall–Kier alpha value is -1.26. The van der Waals surface area contributed by atoms with Crippen molar-refractivity contribution in [2.45, 2.75) is 46.6 Å². The third kappa shape index (κ3) is 6.14. The number of nitrogens with zero attached hydrogens (tertiary/aromatic N) is 1. The minimum atomic E-state index is -0.982. The fourth-order valence-corrected chi connectivity index (χ4v) is 1.47. The normalized spacial score (nSPS) is 13.9. The van der Waals surface area contributed by atoms with Crippen LogP contribution >= 0.6 is 0 Å². The zero-order chi connectivity index (χ0) is 13.4. The first kappa shape index (κ1) is 15.7. The molecule has 2 atom stereocenters. The molecule has 5 nitrogen and oxygen atoms in total. The van der Waals surface area contributed by atoms with E-state index in [-0.39, 0.29) is 18.6 Å². The van der Waals surface area contributed by atoms with Crippen molar-refractivity contribution in [3.8, 4) is 0 Å². The molecule has 0 aliphatic heterocycles. The Kier molecular flexibility index (Phi) is 7.34. The molecule has 0 saturated carbocycles. The summed E-state index contributed by atoms with van der Waals surface area (Å²) in [7, 11) is 0. The van der Waals surface area contributed by atoms with Crippen LogP contribution in [0.2, 0.25) is 0 Å². The van der Waals surface area contributed by atoms with E-state index in [1.807, 2.05) is 13.8 Å². The molecule has 100 valence electrons. The zero-order valence-corrected chi connectivity index (χ0v) is 11.2. The third-order valence-corrected chi connectivity index (χ3v) is 2.96. The van der Waals surface area contributed by atoms with Gasteiger partial charge in [-0.1, -0.05) is 27.2 Å². The summed E-state index contributed by atoms with van der Waals surface area (Å²) in [6.07, 6.45) is 1.73. The van der Waals surface area contributed by atoms with E-state index in [9.17, 15) is 9.59 Å². The van der Waals surface area contributed by atoms with E-state index in [2.05, 4.69) is 19.2 Å². The molecule has 0 aromatic carbocycles. The number of carboxylic acid groups (broad SMARTS) is 1. The third-order valence-electron chi connectivity index (χ3n) is 2.96. The lowest BCUT2D eigenvalue weighted by Crippen LogP contribution is -2.47. The molecule has 2 amide bonds. The van der Waals surface area contributed by atoms with Crippen LogP contribution in [0, 0.1) is 5.92 Å². The number of nitrogens with one attached hydrogen (secondary N) is 1. The molecule has 0 aliphatic rings. The SMILES string of the molecule is CCCN(CC(=O)O)C(=O)NC(C)C(C)CC. The average molecular weight is 244 g/mol. The number of carboxylic acids is 1. The number of amides is 2. The van der Waals surface area contributed by atoms with Crippen molar-refractivity contribution in [1.29, 1.82) is 0 Å². The Morgan fingerprint density at radius 2 is 1.88 bits per heavy atom. The van der Waals surface area contributed by atoms with Gasteiger partial charge in [-0.15, -0.1) is 0 Å². The molecule has 0 heterocycles. The van der Waals surface area contributed by atoms with E-state index >= 15 is 0 Å². The van der Waals surface area contributed by atoms with Gasteiger partial charge in [-0.3, -0.25) is 4.79 Å². The van der Waals surface area contributed by atoms with E-state index in [0.717, 1.165) is 12.8 Å². The predicted molar refractivity (Wildman–Crippen MR) is 66.9 cm³/mol. The van der Waals surface area contributed by atoms with Crippen molar-refractivity contribution in [3.63, 3.8) is 0 Å². The summed E-state index contributed by atoms with van der Waals surface area (Å²) in [5, 5.41) is 11.6. The summed E-state index contributed by atoms with van der Waals surface area (Å²) in [5.74, 6) is -0.600. The average Bonchev–Trinajstić information content (AvgIpc) is 2.26. The zero-order valence-electron chi connectivity index (χ0n) is 11.2. The number of aliphatic carboxylic acids is 1. The van der Waals surface area contributed by atoms with Crippen molar-refractivity contribution in [1.82, 2.24) is 10.2 Å². The van der Waals surface area contributed by atoms with Gasteiger partial charge in [-0.05, 0) is 19.3 Å². The predicted octanol–water partition coefficient (Wildman–Crippen LogP) is 1.93. The van der Waals surface area contributed by atoms with Crippen molar-refractivity contribution in [3.05, 3.63) is 0 Å². The maximum Gasteiger partial charge on any atom is 0.323 e. The number of hydrogen-bond acceptors (Lipinski definition) is 2. The highest BCUT2D eigenvalue weighted by molar-refractivity contribution is 5.80. The van der Waals surface area contributed by atoms with Gasteiger partial charge in [-0.2, -0.15) is 0 Å². The molecule has 2 unspecified atom stereocenters. The molecule has 0 rings (SSSR count). The van der Waals surface area contributed by atoms with Gasteiger partial charge >= 0.3 is 12.0 Å². The summed E-state index contributed by atoms with van der Waals surface area (Å²) in [6.45, 7) is 8.20. The molecule has 0 radical (unpaired) electrons. The lowest BCUT2D eigenvalue weighted by atomic mass is 10.0. The smallest absolute Gasteiger partial charge is 0.323 e. The summed E-state index contributed by atoms with van der Waals surface area (Å²) in [4.78, 5) is 23.8. The van der Waals surface area contributed by atoms with E-state index in [1.165, 1.54) is 4.90 Å². The molecule has 0 aromatic heterocycles. The van der Waals surface area contributed by atoms with Crippen LogP contribution in [0.5, 0.6) is 0 Å². The molecule has 17 heavy (non-hydrogen) atoms. The van der Waals surface area contributed by atoms with Crippen molar-refractivity contribution < 1.29 is 14.7 Å². The standard InChI is InChI=1S/C12H24N2O3/c1-5-7-14(8-11(15)16)12(17)13-10(4)9(3)6-2/h9-10H,5-8H2,1-4H3,(H,13,17)(H,15,16). The quantitative estimate of drug-likeness (QED) is 0.719. The molecule has 2 N–H and O–H groups in total. The van der Waals surface area contributed by atoms with Crippen molar-refractivity contribution >= 4 is 12.0 Å². The van der Waals surface area contributed by atoms with Crippen LogP contribution in [0.1, 0.15) is 40.5 Å². The van der Waals surface area contributed by atoms with Crippen LogP contribution < -0.4 is 5.32 Å². The van der Waals surface area contributed by atoms with E-state index in [4.69, 9.17) is 5.11 Å². The molecule has 0 fully saturated rings. The molecule has 0 bridgehead atoms. The van der Waals surface area contributed by atoms with Crippen LogP contribution in [-0.2, 0) is 4.79 Å². The van der Waals surface area contributed by atoms with Crippen molar-refractivity contribution in [2.75, 3.05) is 13.1 Å². The second kappa shape index (κ2) is 7.92. The highest BCUT2D eigenvalue weighted by Crippen LogP contribution is 2.07. The van der Waals surface area contributed by atoms with Crippen LogP contribution in [0.3, 0.4) is 0 Å². The fraction of sp³-hybridized carbons (Fsp3) is 0.833. The number of hydrogen-bond donors (Lipinski definition) is 2. The Balaban J connectivity index is 4.35. The molecule has 5 heteroatoms. The summed E-state index contributed by atoms with van der Waals surface area (Å²) >= 11 is 0. The minimum absolute atomic E-state index is 0.0562. The van der Waals surface area contributed by atoms with Crippen LogP contribution in [0.15, 0.2) is 0 Å². The Labute approximate surface area is 103 Å². The van der Waals surface area contributed by atoms with Crippen molar-refractivity contribution in [2.24, 2.45) is 5.92 Å². The van der Waals surface area contributed by atoms with Gasteiger partial charge < -0.3 is 15.3 Å². The minimum Gasteiger partial charge on any atom is -0.480 e. The van der Waals surface area contributed by atoms with E-state index < -0.39 is 5.97 Å².